The molecule has 2 rings (SSSR count). The molecule has 0 aliphatic carbocycles. The van der Waals surface area contributed by atoms with Crippen molar-refractivity contribution in [3.8, 4) is 0 Å². The molecule has 0 bridgehead atoms. The summed E-state index contributed by atoms with van der Waals surface area (Å²) >= 11 is 0. The fraction of sp³-hybridized carbons (Fsp3) is 0.583. The Morgan fingerprint density at radius 3 is 3.06 bits per heavy atom. The van der Waals surface area contributed by atoms with Crippen LogP contribution in [-0.2, 0) is 11.3 Å². The Balaban J connectivity index is 2.33. The molecule has 2 heterocycles. The van der Waals surface area contributed by atoms with E-state index in [2.05, 4.69) is 22.9 Å². The summed E-state index contributed by atoms with van der Waals surface area (Å²) in [5, 5.41) is 0. The van der Waals surface area contributed by atoms with E-state index in [1.807, 2.05) is 13.0 Å². The van der Waals surface area contributed by atoms with Gasteiger partial charge in [0.2, 0.25) is 0 Å². The second-order valence-corrected chi connectivity index (χ2v) is 4.26. The van der Waals surface area contributed by atoms with E-state index in [0.717, 1.165) is 36.8 Å². The SMILES string of the molecule is Cc1ccc(CN)c(N2CCOCC2C)n1. The van der Waals surface area contributed by atoms with Gasteiger partial charge in [-0.2, -0.15) is 0 Å². The van der Waals surface area contributed by atoms with Crippen LogP contribution in [0.2, 0.25) is 0 Å². The van der Waals surface area contributed by atoms with Gasteiger partial charge in [0.05, 0.1) is 19.3 Å². The highest BCUT2D eigenvalue weighted by Gasteiger charge is 2.22. The molecule has 2 N–H and O–H groups in total. The summed E-state index contributed by atoms with van der Waals surface area (Å²) in [6, 6.07) is 4.45. The molecule has 88 valence electrons. The van der Waals surface area contributed by atoms with Crippen LogP contribution in [0.15, 0.2) is 12.1 Å². The molecule has 4 nitrogen and oxygen atoms in total. The fourth-order valence-corrected chi connectivity index (χ4v) is 2.02. The second kappa shape index (κ2) is 4.80. The lowest BCUT2D eigenvalue weighted by atomic mass is 10.1. The van der Waals surface area contributed by atoms with Crippen molar-refractivity contribution in [2.24, 2.45) is 5.73 Å². The minimum Gasteiger partial charge on any atom is -0.377 e. The minimum absolute atomic E-state index is 0.369. The highest BCUT2D eigenvalue weighted by atomic mass is 16.5. The van der Waals surface area contributed by atoms with Gasteiger partial charge in [-0.3, -0.25) is 0 Å². The van der Waals surface area contributed by atoms with Crippen LogP contribution in [0, 0.1) is 6.92 Å². The first-order valence-corrected chi connectivity index (χ1v) is 5.73. The number of anilines is 1. The average molecular weight is 221 g/mol. The molecule has 0 saturated carbocycles. The Bertz CT molecular complexity index is 367. The van der Waals surface area contributed by atoms with Gasteiger partial charge in [0.15, 0.2) is 0 Å². The average Bonchev–Trinajstić information content (AvgIpc) is 2.29. The Labute approximate surface area is 96.4 Å². The Morgan fingerprint density at radius 1 is 1.56 bits per heavy atom. The molecule has 1 aromatic rings. The number of hydrogen-bond acceptors (Lipinski definition) is 4. The van der Waals surface area contributed by atoms with Gasteiger partial charge in [0.25, 0.3) is 0 Å². The maximum atomic E-state index is 5.75. The molecule has 1 fully saturated rings. The summed E-state index contributed by atoms with van der Waals surface area (Å²) in [6.07, 6.45) is 0. The van der Waals surface area contributed by atoms with Crippen LogP contribution in [-0.4, -0.2) is 30.8 Å². The van der Waals surface area contributed by atoms with Crippen LogP contribution in [0.3, 0.4) is 0 Å². The summed E-state index contributed by atoms with van der Waals surface area (Å²) in [5.41, 5.74) is 7.90. The lowest BCUT2D eigenvalue weighted by Gasteiger charge is -2.35. The molecule has 1 atom stereocenters. The van der Waals surface area contributed by atoms with Crippen molar-refractivity contribution in [2.45, 2.75) is 26.4 Å². The zero-order chi connectivity index (χ0) is 11.5. The van der Waals surface area contributed by atoms with Crippen molar-refractivity contribution in [3.05, 3.63) is 23.4 Å². The smallest absolute Gasteiger partial charge is 0.133 e. The van der Waals surface area contributed by atoms with Gasteiger partial charge in [-0.25, -0.2) is 4.98 Å². The predicted octanol–water partition coefficient (Wildman–Crippen LogP) is 1.07. The third kappa shape index (κ3) is 2.18. The van der Waals surface area contributed by atoms with Gasteiger partial charge in [-0.1, -0.05) is 6.07 Å². The summed E-state index contributed by atoms with van der Waals surface area (Å²) in [6.45, 7) is 7.12. The van der Waals surface area contributed by atoms with Crippen molar-refractivity contribution in [1.82, 2.24) is 4.98 Å². The van der Waals surface area contributed by atoms with Gasteiger partial charge >= 0.3 is 0 Å². The van der Waals surface area contributed by atoms with E-state index in [4.69, 9.17) is 10.5 Å². The number of hydrogen-bond donors (Lipinski definition) is 1. The van der Waals surface area contributed by atoms with Crippen molar-refractivity contribution in [3.63, 3.8) is 0 Å². The second-order valence-electron chi connectivity index (χ2n) is 4.26. The monoisotopic (exact) mass is 221 g/mol. The number of aryl methyl sites for hydroxylation is 1. The number of ether oxygens (including phenoxy) is 1. The first kappa shape index (κ1) is 11.4. The fourth-order valence-electron chi connectivity index (χ4n) is 2.02. The highest BCUT2D eigenvalue weighted by Crippen LogP contribution is 2.22. The molecule has 1 aliphatic heterocycles. The van der Waals surface area contributed by atoms with Crippen LogP contribution in [0.4, 0.5) is 5.82 Å². The lowest BCUT2D eigenvalue weighted by Crippen LogP contribution is -2.44. The van der Waals surface area contributed by atoms with E-state index in [0.29, 0.717) is 12.6 Å². The quantitative estimate of drug-likeness (QED) is 0.811. The molecule has 0 amide bonds. The van der Waals surface area contributed by atoms with Crippen molar-refractivity contribution in [1.29, 1.82) is 0 Å². The largest absolute Gasteiger partial charge is 0.377 e. The molecule has 1 unspecified atom stereocenters. The van der Waals surface area contributed by atoms with Gasteiger partial charge in [0.1, 0.15) is 5.82 Å². The van der Waals surface area contributed by atoms with Crippen LogP contribution < -0.4 is 10.6 Å². The Hall–Kier alpha value is -1.13. The van der Waals surface area contributed by atoms with Gasteiger partial charge < -0.3 is 15.4 Å². The van der Waals surface area contributed by atoms with Crippen LogP contribution >= 0.6 is 0 Å². The van der Waals surface area contributed by atoms with E-state index >= 15 is 0 Å². The Kier molecular flexibility index (Phi) is 3.41. The first-order chi connectivity index (χ1) is 7.72. The van der Waals surface area contributed by atoms with Gasteiger partial charge in [0, 0.05) is 24.3 Å². The molecular formula is C12H19N3O. The zero-order valence-corrected chi connectivity index (χ0v) is 9.94. The van der Waals surface area contributed by atoms with Crippen molar-refractivity contribution < 1.29 is 4.74 Å². The molecule has 0 radical (unpaired) electrons. The van der Waals surface area contributed by atoms with Gasteiger partial charge in [-0.05, 0) is 19.9 Å². The zero-order valence-electron chi connectivity index (χ0n) is 9.94. The maximum absolute atomic E-state index is 5.75. The minimum atomic E-state index is 0.369. The molecule has 16 heavy (non-hydrogen) atoms. The van der Waals surface area contributed by atoms with Crippen LogP contribution in [0.1, 0.15) is 18.2 Å². The molecular weight excluding hydrogens is 202 g/mol. The Morgan fingerprint density at radius 2 is 2.38 bits per heavy atom. The number of pyridine rings is 1. The molecule has 0 aromatic carbocycles. The highest BCUT2D eigenvalue weighted by molar-refractivity contribution is 5.49. The molecule has 1 saturated heterocycles. The van der Waals surface area contributed by atoms with Crippen molar-refractivity contribution >= 4 is 5.82 Å². The first-order valence-electron chi connectivity index (χ1n) is 5.73. The number of rotatable bonds is 2. The van der Waals surface area contributed by atoms with Crippen LogP contribution in [0.5, 0.6) is 0 Å². The van der Waals surface area contributed by atoms with E-state index in [1.165, 1.54) is 0 Å². The van der Waals surface area contributed by atoms with E-state index in [-0.39, 0.29) is 0 Å². The third-order valence-corrected chi connectivity index (χ3v) is 2.95. The number of nitrogens with two attached hydrogens (primary N) is 1. The lowest BCUT2D eigenvalue weighted by molar-refractivity contribution is 0.0984. The summed E-state index contributed by atoms with van der Waals surface area (Å²) in [7, 11) is 0. The number of nitrogens with zero attached hydrogens (tertiary/aromatic N) is 2. The topological polar surface area (TPSA) is 51.4 Å². The van der Waals surface area contributed by atoms with Crippen LogP contribution in [0.25, 0.3) is 0 Å². The summed E-state index contributed by atoms with van der Waals surface area (Å²) in [4.78, 5) is 6.90. The summed E-state index contributed by atoms with van der Waals surface area (Å²) in [5.74, 6) is 1.03. The predicted molar refractivity (Wildman–Crippen MR) is 64.5 cm³/mol. The molecule has 1 aliphatic rings. The normalized spacial score (nSPS) is 21.2. The third-order valence-electron chi connectivity index (χ3n) is 2.95. The molecule has 0 spiro atoms. The van der Waals surface area contributed by atoms with E-state index in [1.54, 1.807) is 0 Å². The summed E-state index contributed by atoms with van der Waals surface area (Å²) < 4.78 is 5.44. The number of aromatic nitrogens is 1. The molecule has 1 aromatic heterocycles. The van der Waals surface area contributed by atoms with E-state index in [9.17, 15) is 0 Å². The van der Waals surface area contributed by atoms with E-state index < -0.39 is 0 Å². The maximum Gasteiger partial charge on any atom is 0.133 e. The van der Waals surface area contributed by atoms with Gasteiger partial charge in [-0.15, -0.1) is 0 Å². The van der Waals surface area contributed by atoms with Crippen molar-refractivity contribution in [2.75, 3.05) is 24.7 Å². The standard InChI is InChI=1S/C12H19N3O/c1-9-3-4-11(7-13)12(14-9)15-5-6-16-8-10(15)2/h3-4,10H,5-8,13H2,1-2H3. The molecule has 4 heteroatoms. The number of morpholine rings is 1.